The van der Waals surface area contributed by atoms with E-state index in [4.69, 9.17) is 0 Å². The van der Waals surface area contributed by atoms with E-state index >= 15 is 0 Å². The van der Waals surface area contributed by atoms with Crippen LogP contribution in [0.15, 0.2) is 24.3 Å². The first kappa shape index (κ1) is 13.2. The van der Waals surface area contributed by atoms with Gasteiger partial charge >= 0.3 is 0 Å². The van der Waals surface area contributed by atoms with Crippen molar-refractivity contribution in [2.45, 2.75) is 63.8 Å². The largest absolute Gasteiger partial charge is 0.314 e. The Labute approximate surface area is 117 Å². The van der Waals surface area contributed by atoms with Crippen molar-refractivity contribution in [2.75, 3.05) is 6.54 Å². The minimum atomic E-state index is 0.760. The molecule has 3 rings (SSSR count). The molecule has 0 heterocycles. The smallest absolute Gasteiger partial charge is 0.00983 e. The average Bonchev–Trinajstić information content (AvgIpc) is 3.18. The number of hydrogen-bond donors (Lipinski definition) is 1. The van der Waals surface area contributed by atoms with Crippen LogP contribution in [-0.4, -0.2) is 12.6 Å². The molecule has 0 aromatic heterocycles. The molecule has 1 aromatic carbocycles. The lowest BCUT2D eigenvalue weighted by atomic mass is 9.80. The van der Waals surface area contributed by atoms with Gasteiger partial charge in [-0.15, -0.1) is 0 Å². The maximum Gasteiger partial charge on any atom is 0.00983 e. The van der Waals surface area contributed by atoms with E-state index in [0.717, 1.165) is 24.4 Å². The van der Waals surface area contributed by atoms with Crippen molar-refractivity contribution in [1.29, 1.82) is 0 Å². The molecule has 19 heavy (non-hydrogen) atoms. The molecule has 1 nitrogen and oxygen atoms in total. The van der Waals surface area contributed by atoms with Crippen LogP contribution < -0.4 is 5.32 Å². The fourth-order valence-electron chi connectivity index (χ4n) is 3.29. The second kappa shape index (κ2) is 6.09. The normalized spacial score (nSPS) is 21.1. The lowest BCUT2D eigenvalue weighted by Gasteiger charge is -2.26. The van der Waals surface area contributed by atoms with Gasteiger partial charge in [0.05, 0.1) is 0 Å². The standard InChI is InChI=1S/C18H27N/c1-2-19-18(17-11-12-17)13-8-14-6-9-16(10-7-14)15-4-3-5-15/h6-7,9-10,15,17-19H,2-5,8,11-13H2,1H3. The molecule has 0 amide bonds. The van der Waals surface area contributed by atoms with Crippen molar-refractivity contribution in [2.24, 2.45) is 5.92 Å². The third kappa shape index (κ3) is 3.39. The van der Waals surface area contributed by atoms with Gasteiger partial charge in [-0.05, 0) is 68.0 Å². The molecule has 0 radical (unpaired) electrons. The topological polar surface area (TPSA) is 12.0 Å². The third-order valence-electron chi connectivity index (χ3n) is 4.96. The van der Waals surface area contributed by atoms with Gasteiger partial charge in [0.25, 0.3) is 0 Å². The SMILES string of the molecule is CCNC(CCc1ccc(C2CCC2)cc1)C1CC1. The molecule has 2 fully saturated rings. The van der Waals surface area contributed by atoms with Gasteiger partial charge in [-0.2, -0.15) is 0 Å². The van der Waals surface area contributed by atoms with Gasteiger partial charge in [0, 0.05) is 6.04 Å². The van der Waals surface area contributed by atoms with Crippen molar-refractivity contribution in [1.82, 2.24) is 5.32 Å². The van der Waals surface area contributed by atoms with Crippen molar-refractivity contribution < 1.29 is 0 Å². The molecule has 1 aromatic rings. The molecule has 0 spiro atoms. The van der Waals surface area contributed by atoms with E-state index < -0.39 is 0 Å². The molecule has 0 bridgehead atoms. The summed E-state index contributed by atoms with van der Waals surface area (Å²) in [6.07, 6.45) is 9.67. The Kier molecular flexibility index (Phi) is 4.22. The highest BCUT2D eigenvalue weighted by Gasteiger charge is 2.30. The Morgan fingerprint density at radius 2 is 1.84 bits per heavy atom. The van der Waals surface area contributed by atoms with Crippen LogP contribution in [0.2, 0.25) is 0 Å². The minimum Gasteiger partial charge on any atom is -0.314 e. The number of benzene rings is 1. The molecule has 1 unspecified atom stereocenters. The Morgan fingerprint density at radius 3 is 2.37 bits per heavy atom. The number of rotatable bonds is 7. The Balaban J connectivity index is 1.51. The maximum atomic E-state index is 3.66. The van der Waals surface area contributed by atoms with Gasteiger partial charge in [0.2, 0.25) is 0 Å². The molecule has 1 atom stereocenters. The molecule has 2 saturated carbocycles. The van der Waals surface area contributed by atoms with Crippen molar-refractivity contribution in [3.8, 4) is 0 Å². The van der Waals surface area contributed by atoms with Gasteiger partial charge < -0.3 is 5.32 Å². The van der Waals surface area contributed by atoms with Crippen LogP contribution in [0.1, 0.15) is 62.5 Å². The van der Waals surface area contributed by atoms with Gasteiger partial charge in [-0.1, -0.05) is 37.6 Å². The molecule has 1 N–H and O–H groups in total. The first-order chi connectivity index (χ1) is 9.36. The van der Waals surface area contributed by atoms with Crippen LogP contribution >= 0.6 is 0 Å². The minimum absolute atomic E-state index is 0.760. The number of aryl methyl sites for hydroxylation is 1. The summed E-state index contributed by atoms with van der Waals surface area (Å²) in [7, 11) is 0. The van der Waals surface area contributed by atoms with Gasteiger partial charge in [0.15, 0.2) is 0 Å². The van der Waals surface area contributed by atoms with Crippen molar-refractivity contribution >= 4 is 0 Å². The molecule has 2 aliphatic rings. The third-order valence-corrected chi connectivity index (χ3v) is 4.96. The highest BCUT2D eigenvalue weighted by molar-refractivity contribution is 5.26. The first-order valence-electron chi connectivity index (χ1n) is 8.19. The van der Waals surface area contributed by atoms with Crippen molar-refractivity contribution in [3.05, 3.63) is 35.4 Å². The number of hydrogen-bond acceptors (Lipinski definition) is 1. The predicted octanol–water partition coefficient (Wildman–Crippen LogP) is 4.27. The fraction of sp³-hybridized carbons (Fsp3) is 0.667. The van der Waals surface area contributed by atoms with Gasteiger partial charge in [-0.25, -0.2) is 0 Å². The van der Waals surface area contributed by atoms with E-state index in [1.54, 1.807) is 5.56 Å². The molecular weight excluding hydrogens is 230 g/mol. The summed E-state index contributed by atoms with van der Waals surface area (Å²) in [6.45, 7) is 3.34. The maximum absolute atomic E-state index is 3.66. The summed E-state index contributed by atoms with van der Waals surface area (Å²) in [5, 5.41) is 3.66. The summed E-state index contributed by atoms with van der Waals surface area (Å²) in [5.74, 6) is 1.84. The second-order valence-electron chi connectivity index (χ2n) is 6.41. The quantitative estimate of drug-likeness (QED) is 0.769. The van der Waals surface area contributed by atoms with E-state index in [0.29, 0.717) is 0 Å². The summed E-state index contributed by atoms with van der Waals surface area (Å²) in [4.78, 5) is 0. The number of nitrogens with one attached hydrogen (secondary N) is 1. The van der Waals surface area contributed by atoms with Crippen LogP contribution in [0.25, 0.3) is 0 Å². The Hall–Kier alpha value is -0.820. The van der Waals surface area contributed by atoms with E-state index in [1.165, 1.54) is 50.5 Å². The van der Waals surface area contributed by atoms with E-state index in [9.17, 15) is 0 Å². The van der Waals surface area contributed by atoms with E-state index in [1.807, 2.05) is 0 Å². The summed E-state index contributed by atoms with van der Waals surface area (Å²) >= 11 is 0. The molecule has 0 saturated heterocycles. The predicted molar refractivity (Wildman–Crippen MR) is 81.5 cm³/mol. The Morgan fingerprint density at radius 1 is 1.11 bits per heavy atom. The first-order valence-corrected chi connectivity index (χ1v) is 8.19. The van der Waals surface area contributed by atoms with Crippen LogP contribution in [0.5, 0.6) is 0 Å². The van der Waals surface area contributed by atoms with Gasteiger partial charge in [0.1, 0.15) is 0 Å². The molecule has 104 valence electrons. The molecule has 0 aliphatic heterocycles. The van der Waals surface area contributed by atoms with Crippen LogP contribution in [-0.2, 0) is 6.42 Å². The Bertz CT molecular complexity index is 387. The van der Waals surface area contributed by atoms with Crippen molar-refractivity contribution in [3.63, 3.8) is 0 Å². The zero-order valence-electron chi connectivity index (χ0n) is 12.2. The molecule has 1 heteroatoms. The van der Waals surface area contributed by atoms with E-state index in [-0.39, 0.29) is 0 Å². The molecular formula is C18H27N. The highest BCUT2D eigenvalue weighted by atomic mass is 14.9. The zero-order chi connectivity index (χ0) is 13.1. The monoisotopic (exact) mass is 257 g/mol. The fourth-order valence-corrected chi connectivity index (χ4v) is 3.29. The zero-order valence-corrected chi connectivity index (χ0v) is 12.2. The average molecular weight is 257 g/mol. The van der Waals surface area contributed by atoms with Crippen LogP contribution in [0, 0.1) is 5.92 Å². The van der Waals surface area contributed by atoms with Gasteiger partial charge in [-0.3, -0.25) is 0 Å². The molecule has 2 aliphatic carbocycles. The summed E-state index contributed by atoms with van der Waals surface area (Å²) < 4.78 is 0. The lowest BCUT2D eigenvalue weighted by Crippen LogP contribution is -2.31. The van der Waals surface area contributed by atoms with Crippen LogP contribution in [0.3, 0.4) is 0 Å². The van der Waals surface area contributed by atoms with Crippen LogP contribution in [0.4, 0.5) is 0 Å². The highest BCUT2D eigenvalue weighted by Crippen LogP contribution is 2.37. The van der Waals surface area contributed by atoms with E-state index in [2.05, 4.69) is 36.5 Å². The summed E-state index contributed by atoms with van der Waals surface area (Å²) in [6, 6.07) is 10.2. The summed E-state index contributed by atoms with van der Waals surface area (Å²) in [5.41, 5.74) is 3.09. The lowest BCUT2D eigenvalue weighted by molar-refractivity contribution is 0.419. The second-order valence-corrected chi connectivity index (χ2v) is 6.41.